The number of hydrogen-bond donors (Lipinski definition) is 2. The Bertz CT molecular complexity index is 616. The van der Waals surface area contributed by atoms with Crippen molar-refractivity contribution in [3.8, 4) is 0 Å². The summed E-state index contributed by atoms with van der Waals surface area (Å²) in [4.78, 5) is 16.4. The minimum Gasteiger partial charge on any atom is -0.370 e. The molecule has 1 heterocycles. The number of amides is 1. The van der Waals surface area contributed by atoms with Gasteiger partial charge in [-0.2, -0.15) is 0 Å². The van der Waals surface area contributed by atoms with Crippen LogP contribution in [-0.2, 0) is 6.54 Å². The number of rotatable bonds is 6. The van der Waals surface area contributed by atoms with Crippen molar-refractivity contribution in [1.82, 2.24) is 10.3 Å². The SMILES string of the molecule is CCCNc1cccc(C(=O)NCc2cccc(Cl)c2)n1. The third-order valence-corrected chi connectivity index (χ3v) is 3.12. The van der Waals surface area contributed by atoms with Gasteiger partial charge in [0.25, 0.3) is 5.91 Å². The van der Waals surface area contributed by atoms with E-state index in [-0.39, 0.29) is 5.91 Å². The van der Waals surface area contributed by atoms with Crippen LogP contribution in [0.2, 0.25) is 5.02 Å². The molecule has 0 aliphatic heterocycles. The molecular weight excluding hydrogens is 286 g/mol. The largest absolute Gasteiger partial charge is 0.370 e. The molecule has 0 spiro atoms. The number of carbonyl (C=O) groups is 1. The van der Waals surface area contributed by atoms with E-state index >= 15 is 0 Å². The Kier molecular flexibility index (Phi) is 5.58. The van der Waals surface area contributed by atoms with Crippen molar-refractivity contribution < 1.29 is 4.79 Å². The predicted octanol–water partition coefficient (Wildman–Crippen LogP) is 3.49. The minimum atomic E-state index is -0.199. The molecule has 1 aromatic carbocycles. The van der Waals surface area contributed by atoms with Crippen LogP contribution < -0.4 is 10.6 Å². The van der Waals surface area contributed by atoms with Crippen molar-refractivity contribution in [2.75, 3.05) is 11.9 Å². The quantitative estimate of drug-likeness (QED) is 0.859. The summed E-state index contributed by atoms with van der Waals surface area (Å²) in [6.07, 6.45) is 1.01. The highest BCUT2D eigenvalue weighted by Gasteiger charge is 2.07. The molecule has 21 heavy (non-hydrogen) atoms. The zero-order valence-electron chi connectivity index (χ0n) is 11.9. The maximum absolute atomic E-state index is 12.1. The number of benzene rings is 1. The number of hydrogen-bond acceptors (Lipinski definition) is 3. The van der Waals surface area contributed by atoms with Crippen molar-refractivity contribution in [1.29, 1.82) is 0 Å². The van der Waals surface area contributed by atoms with E-state index in [9.17, 15) is 4.79 Å². The Labute approximate surface area is 129 Å². The second-order valence-electron chi connectivity index (χ2n) is 4.65. The van der Waals surface area contributed by atoms with E-state index < -0.39 is 0 Å². The third-order valence-electron chi connectivity index (χ3n) is 2.88. The summed E-state index contributed by atoms with van der Waals surface area (Å²) in [6, 6.07) is 12.8. The summed E-state index contributed by atoms with van der Waals surface area (Å²) in [7, 11) is 0. The van der Waals surface area contributed by atoms with E-state index in [1.54, 1.807) is 12.1 Å². The first-order valence-electron chi connectivity index (χ1n) is 6.92. The van der Waals surface area contributed by atoms with E-state index in [0.29, 0.717) is 23.1 Å². The molecule has 0 saturated heterocycles. The molecule has 2 N–H and O–H groups in total. The Morgan fingerprint density at radius 1 is 1.24 bits per heavy atom. The molecule has 0 fully saturated rings. The van der Waals surface area contributed by atoms with Gasteiger partial charge in [0, 0.05) is 18.1 Å². The van der Waals surface area contributed by atoms with Crippen molar-refractivity contribution in [2.24, 2.45) is 0 Å². The first kappa shape index (κ1) is 15.3. The monoisotopic (exact) mass is 303 g/mol. The fourth-order valence-corrected chi connectivity index (χ4v) is 2.05. The summed E-state index contributed by atoms with van der Waals surface area (Å²) in [5, 5.41) is 6.66. The van der Waals surface area contributed by atoms with Gasteiger partial charge in [-0.05, 0) is 36.2 Å². The zero-order valence-corrected chi connectivity index (χ0v) is 12.7. The second kappa shape index (κ2) is 7.64. The Balaban J connectivity index is 1.96. The Morgan fingerprint density at radius 2 is 2.05 bits per heavy atom. The van der Waals surface area contributed by atoms with Crippen LogP contribution in [0.15, 0.2) is 42.5 Å². The summed E-state index contributed by atoms with van der Waals surface area (Å²) < 4.78 is 0. The number of nitrogens with one attached hydrogen (secondary N) is 2. The molecule has 1 aromatic heterocycles. The number of anilines is 1. The van der Waals surface area contributed by atoms with E-state index in [1.165, 1.54) is 0 Å². The first-order chi connectivity index (χ1) is 10.2. The summed E-state index contributed by atoms with van der Waals surface area (Å²) >= 11 is 5.91. The number of carbonyl (C=O) groups excluding carboxylic acids is 1. The maximum atomic E-state index is 12.1. The molecule has 0 unspecified atom stereocenters. The lowest BCUT2D eigenvalue weighted by Crippen LogP contribution is -2.24. The lowest BCUT2D eigenvalue weighted by molar-refractivity contribution is 0.0946. The molecule has 2 rings (SSSR count). The van der Waals surface area contributed by atoms with E-state index in [2.05, 4.69) is 22.5 Å². The van der Waals surface area contributed by atoms with Crippen LogP contribution >= 0.6 is 11.6 Å². The maximum Gasteiger partial charge on any atom is 0.270 e. The van der Waals surface area contributed by atoms with Gasteiger partial charge in [-0.25, -0.2) is 4.98 Å². The van der Waals surface area contributed by atoms with Gasteiger partial charge >= 0.3 is 0 Å². The second-order valence-corrected chi connectivity index (χ2v) is 5.08. The van der Waals surface area contributed by atoms with Crippen LogP contribution in [0, 0.1) is 0 Å². The molecule has 0 atom stereocenters. The van der Waals surface area contributed by atoms with Crippen molar-refractivity contribution in [3.05, 3.63) is 58.7 Å². The first-order valence-corrected chi connectivity index (χ1v) is 7.30. The molecular formula is C16H18ClN3O. The summed E-state index contributed by atoms with van der Waals surface area (Å²) in [5.41, 5.74) is 1.36. The summed E-state index contributed by atoms with van der Waals surface area (Å²) in [5.74, 6) is 0.516. The van der Waals surface area contributed by atoms with Gasteiger partial charge in [0.1, 0.15) is 11.5 Å². The average molecular weight is 304 g/mol. The van der Waals surface area contributed by atoms with E-state index in [1.807, 2.05) is 30.3 Å². The fraction of sp³-hybridized carbons (Fsp3) is 0.250. The van der Waals surface area contributed by atoms with Gasteiger partial charge in [0.05, 0.1) is 0 Å². The molecule has 0 saturated carbocycles. The van der Waals surface area contributed by atoms with E-state index in [0.717, 1.165) is 18.5 Å². The van der Waals surface area contributed by atoms with Gasteiger partial charge < -0.3 is 10.6 Å². The Morgan fingerprint density at radius 3 is 2.81 bits per heavy atom. The number of halogens is 1. The van der Waals surface area contributed by atoms with Gasteiger partial charge in [-0.3, -0.25) is 4.79 Å². The zero-order chi connectivity index (χ0) is 15.1. The third kappa shape index (κ3) is 4.76. The summed E-state index contributed by atoms with van der Waals surface area (Å²) in [6.45, 7) is 3.34. The fourth-order valence-electron chi connectivity index (χ4n) is 1.83. The molecule has 2 aromatic rings. The van der Waals surface area contributed by atoms with Crippen LogP contribution in [0.1, 0.15) is 29.4 Å². The highest BCUT2D eigenvalue weighted by molar-refractivity contribution is 6.30. The van der Waals surface area contributed by atoms with Crippen LogP contribution in [0.5, 0.6) is 0 Å². The molecule has 5 heteroatoms. The molecule has 0 aliphatic carbocycles. The number of nitrogens with zero attached hydrogens (tertiary/aromatic N) is 1. The number of pyridine rings is 1. The lowest BCUT2D eigenvalue weighted by atomic mass is 10.2. The topological polar surface area (TPSA) is 54.0 Å². The van der Waals surface area contributed by atoms with E-state index in [4.69, 9.17) is 11.6 Å². The van der Waals surface area contributed by atoms with Crippen LogP contribution in [-0.4, -0.2) is 17.4 Å². The van der Waals surface area contributed by atoms with Gasteiger partial charge in [-0.15, -0.1) is 0 Å². The normalized spacial score (nSPS) is 10.2. The number of aromatic nitrogens is 1. The van der Waals surface area contributed by atoms with Crippen LogP contribution in [0.4, 0.5) is 5.82 Å². The Hall–Kier alpha value is -2.07. The predicted molar refractivity (Wildman–Crippen MR) is 85.6 cm³/mol. The van der Waals surface area contributed by atoms with Crippen LogP contribution in [0.25, 0.3) is 0 Å². The van der Waals surface area contributed by atoms with Gasteiger partial charge in [-0.1, -0.05) is 36.7 Å². The molecule has 1 amide bonds. The highest BCUT2D eigenvalue weighted by Crippen LogP contribution is 2.10. The van der Waals surface area contributed by atoms with Gasteiger partial charge in [0.2, 0.25) is 0 Å². The van der Waals surface area contributed by atoms with Crippen LogP contribution in [0.3, 0.4) is 0 Å². The van der Waals surface area contributed by atoms with Gasteiger partial charge in [0.15, 0.2) is 0 Å². The van der Waals surface area contributed by atoms with Crippen molar-refractivity contribution in [2.45, 2.75) is 19.9 Å². The molecule has 0 aliphatic rings. The van der Waals surface area contributed by atoms with Crippen molar-refractivity contribution >= 4 is 23.3 Å². The minimum absolute atomic E-state index is 0.199. The van der Waals surface area contributed by atoms with Crippen molar-refractivity contribution in [3.63, 3.8) is 0 Å². The molecule has 110 valence electrons. The average Bonchev–Trinajstić information content (AvgIpc) is 2.51. The standard InChI is InChI=1S/C16H18ClN3O/c1-2-9-18-15-8-4-7-14(20-15)16(21)19-11-12-5-3-6-13(17)10-12/h3-8,10H,2,9,11H2,1H3,(H,18,20)(H,19,21). The molecule has 0 radical (unpaired) electrons. The lowest BCUT2D eigenvalue weighted by Gasteiger charge is -2.08. The smallest absolute Gasteiger partial charge is 0.270 e. The highest BCUT2D eigenvalue weighted by atomic mass is 35.5. The molecule has 4 nitrogen and oxygen atoms in total. The molecule has 0 bridgehead atoms.